The minimum absolute atomic E-state index is 0.0527. The summed E-state index contributed by atoms with van der Waals surface area (Å²) in [6.07, 6.45) is 16.5. The molecule has 2 bridgehead atoms. The van der Waals surface area contributed by atoms with Gasteiger partial charge in [-0.25, -0.2) is 18.4 Å². The smallest absolute Gasteiger partial charge is 0.250 e. The highest BCUT2D eigenvalue weighted by atomic mass is 19.1. The van der Waals surface area contributed by atoms with Gasteiger partial charge in [-0.05, 0) is 191 Å². The number of benzene rings is 3. The number of nitrogens with one attached hydrogen (secondary N) is 5. The van der Waals surface area contributed by atoms with Gasteiger partial charge in [-0.1, -0.05) is 27.8 Å². The van der Waals surface area contributed by atoms with E-state index in [1.165, 1.54) is 35.6 Å². The molecule has 4 fully saturated rings. The van der Waals surface area contributed by atoms with E-state index in [0.717, 1.165) is 67.3 Å². The van der Waals surface area contributed by atoms with Gasteiger partial charge in [0.15, 0.2) is 0 Å². The maximum atomic E-state index is 15.0. The SMILES string of the molecule is CC1(C)CC(n2nnc3cc(-c4ccc(-c5cn[nH]c5)cc4O)nnc32)CCN1.C[C@]12CC[C@](C)(CC(n3nnc4cc(-c5ccc(-c6cn[nH]c6)cc5O)nnc43)C1)N2.Cn1ccc(-c2cc(O)c(-c3cc4nnn(C5CC(C)(C)NC(C)(C)C5)c4nn3)cc2F)cc1=O. The average molecular weight is 1280 g/mol. The first-order valence-corrected chi connectivity index (χ1v) is 31.8. The van der Waals surface area contributed by atoms with Crippen LogP contribution in [0.15, 0.2) is 115 Å². The minimum Gasteiger partial charge on any atom is -0.507 e. The van der Waals surface area contributed by atoms with Crippen molar-refractivity contribution < 1.29 is 19.7 Å². The second-order valence-electron chi connectivity index (χ2n) is 28.3. The maximum absolute atomic E-state index is 15.0. The van der Waals surface area contributed by atoms with Crippen LogP contribution in [-0.2, 0) is 7.05 Å². The third-order valence-corrected chi connectivity index (χ3v) is 18.9. The van der Waals surface area contributed by atoms with Gasteiger partial charge in [0, 0.05) is 92.8 Å². The number of aryl methyl sites for hydroxylation is 1. The zero-order chi connectivity index (χ0) is 66.3. The van der Waals surface area contributed by atoms with Crippen LogP contribution in [-0.4, -0.2) is 150 Å². The molecule has 0 saturated carbocycles. The summed E-state index contributed by atoms with van der Waals surface area (Å²) in [5.41, 5.74) is 10.5. The highest BCUT2D eigenvalue weighted by Crippen LogP contribution is 2.47. The molecular weight excluding hydrogens is 1210 g/mol. The molecule has 16 rings (SSSR count). The van der Waals surface area contributed by atoms with Gasteiger partial charge in [-0.2, -0.15) is 10.2 Å². The Hall–Kier alpha value is -10.3. The molecule has 12 aromatic rings. The van der Waals surface area contributed by atoms with E-state index in [0.29, 0.717) is 61.6 Å². The number of fused-ring (bicyclic) bond motifs is 5. The molecular formula is C67H74FN23O4. The van der Waals surface area contributed by atoms with Crippen LogP contribution in [0.5, 0.6) is 17.2 Å². The van der Waals surface area contributed by atoms with Gasteiger partial charge < -0.3 is 35.8 Å². The van der Waals surface area contributed by atoms with E-state index in [9.17, 15) is 20.1 Å². The average Bonchev–Trinajstić information content (AvgIpc) is 1.59. The monoisotopic (exact) mass is 1280 g/mol. The van der Waals surface area contributed by atoms with E-state index in [4.69, 9.17) is 0 Å². The van der Waals surface area contributed by atoms with Gasteiger partial charge >= 0.3 is 0 Å². The Bertz CT molecular complexity index is 4890. The summed E-state index contributed by atoms with van der Waals surface area (Å²) < 4.78 is 22.1. The summed E-state index contributed by atoms with van der Waals surface area (Å²) in [6, 6.07) is 22.2. The van der Waals surface area contributed by atoms with E-state index in [2.05, 4.69) is 153 Å². The van der Waals surface area contributed by atoms with Gasteiger partial charge in [-0.15, -0.1) is 45.9 Å². The third kappa shape index (κ3) is 12.5. The van der Waals surface area contributed by atoms with Crippen molar-refractivity contribution in [1.82, 2.24) is 116 Å². The maximum Gasteiger partial charge on any atom is 0.250 e. The molecule has 0 aliphatic carbocycles. The molecule has 95 heavy (non-hydrogen) atoms. The summed E-state index contributed by atoms with van der Waals surface area (Å²) in [4.78, 5) is 12.0. The molecule has 0 radical (unpaired) electrons. The highest BCUT2D eigenvalue weighted by Gasteiger charge is 2.50. The zero-order valence-electron chi connectivity index (χ0n) is 54.2. The molecule has 2 unspecified atom stereocenters. The van der Waals surface area contributed by atoms with Gasteiger partial charge in [-0.3, -0.25) is 15.0 Å². The summed E-state index contributed by atoms with van der Waals surface area (Å²) in [5.74, 6) is -0.499. The second-order valence-corrected chi connectivity index (χ2v) is 28.3. The number of nitrogens with zero attached hydrogens (tertiary/aromatic N) is 18. The first kappa shape index (κ1) is 62.1. The van der Waals surface area contributed by atoms with Gasteiger partial charge in [0.25, 0.3) is 5.56 Å². The molecule has 9 aromatic heterocycles. The number of piperidine rings is 3. The number of pyridine rings is 1. The van der Waals surface area contributed by atoms with E-state index in [-0.39, 0.29) is 85.4 Å². The Balaban J connectivity index is 0.000000123. The van der Waals surface area contributed by atoms with E-state index < -0.39 is 5.82 Å². The number of aromatic amines is 2. The lowest BCUT2D eigenvalue weighted by molar-refractivity contribution is 0.127. The normalized spacial score (nSPS) is 21.3. The minimum atomic E-state index is -0.587. The number of phenols is 3. The number of aromatic hydroxyl groups is 3. The van der Waals surface area contributed by atoms with Gasteiger partial charge in [0.1, 0.15) is 39.6 Å². The molecule has 28 heteroatoms. The predicted molar refractivity (Wildman–Crippen MR) is 354 cm³/mol. The van der Waals surface area contributed by atoms with E-state index >= 15 is 4.39 Å². The van der Waals surface area contributed by atoms with Crippen LogP contribution in [0.25, 0.3) is 101 Å². The van der Waals surface area contributed by atoms with Crippen LogP contribution >= 0.6 is 0 Å². The lowest BCUT2D eigenvalue weighted by Crippen LogP contribution is -2.58. The molecule has 4 aliphatic rings. The van der Waals surface area contributed by atoms with Crippen LogP contribution in [0.3, 0.4) is 0 Å². The Morgan fingerprint density at radius 1 is 0.474 bits per heavy atom. The largest absolute Gasteiger partial charge is 0.507 e. The lowest BCUT2D eigenvalue weighted by Gasteiger charge is -2.46. The number of hydrogen-bond donors (Lipinski definition) is 8. The number of H-pyrrole nitrogens is 2. The molecule has 488 valence electrons. The summed E-state index contributed by atoms with van der Waals surface area (Å²) in [5, 5.41) is 109. The first-order valence-electron chi connectivity index (χ1n) is 31.8. The number of aromatic nitrogens is 20. The summed E-state index contributed by atoms with van der Waals surface area (Å²) in [7, 11) is 1.61. The number of rotatable bonds is 9. The number of halogens is 1. The molecule has 0 spiro atoms. The number of phenolic OH excluding ortho intramolecular Hbond substituents is 3. The zero-order valence-corrected chi connectivity index (χ0v) is 54.2. The third-order valence-electron chi connectivity index (χ3n) is 18.9. The highest BCUT2D eigenvalue weighted by molar-refractivity contribution is 5.82. The van der Waals surface area contributed by atoms with Crippen molar-refractivity contribution in [1.29, 1.82) is 0 Å². The van der Waals surface area contributed by atoms with Crippen molar-refractivity contribution >= 4 is 33.5 Å². The van der Waals surface area contributed by atoms with Crippen LogP contribution in [0.4, 0.5) is 4.39 Å². The standard InChI is InChI=1S/C25H28FN7O2.C22H24N8O.C20H22N8O/c1-24(2)12-15(13-25(3,4)30-24)33-23-20(28-31-33)11-19(27-29-23)17-9-18(26)16(10-21(17)34)14-6-7-32(5)22(35)8-14;1-21-5-6-22(2,28-21)10-15(9-21)30-20-18(26-29-30)8-17(25-27-20)16-4-3-13(7-19(16)31)14-11-23-24-12-14;1-20(2)9-14(5-6-21-20)28-19-17(25-27-28)8-16(24-26-19)15-4-3-12(7-18(15)29)13-10-22-23-11-13/h6-11,15,30,34H,12-13H2,1-5H3;3-4,7-8,11-12,15,28,31H,5-6,9-10H2,1-2H3,(H,23,24);3-4,7-8,10-11,14,21,29H,5-6,9H2,1-2H3,(H,22,23)/t;15?,21-,22+;. The van der Waals surface area contributed by atoms with Crippen LogP contribution in [0.2, 0.25) is 0 Å². The van der Waals surface area contributed by atoms with Crippen molar-refractivity contribution in [2.24, 2.45) is 7.05 Å². The fourth-order valence-corrected chi connectivity index (χ4v) is 14.8. The molecule has 8 N–H and O–H groups in total. The molecule has 0 amide bonds. The molecule has 3 aromatic carbocycles. The van der Waals surface area contributed by atoms with Crippen molar-refractivity contribution in [3.63, 3.8) is 0 Å². The molecule has 4 atom stereocenters. The predicted octanol–water partition coefficient (Wildman–Crippen LogP) is 9.49. The van der Waals surface area contributed by atoms with Gasteiger partial charge in [0.2, 0.25) is 16.9 Å². The Morgan fingerprint density at radius 3 is 1.40 bits per heavy atom. The van der Waals surface area contributed by atoms with Crippen molar-refractivity contribution in [2.75, 3.05) is 6.54 Å². The van der Waals surface area contributed by atoms with Gasteiger partial charge in [0.05, 0.1) is 47.6 Å². The summed E-state index contributed by atoms with van der Waals surface area (Å²) in [6.45, 7) is 18.6. The van der Waals surface area contributed by atoms with Crippen molar-refractivity contribution in [2.45, 2.75) is 153 Å². The molecule has 27 nitrogen and oxygen atoms in total. The lowest BCUT2D eigenvalue weighted by atomic mass is 9.79. The fourth-order valence-electron chi connectivity index (χ4n) is 14.8. The molecule has 4 saturated heterocycles. The van der Waals surface area contributed by atoms with Crippen LogP contribution in [0, 0.1) is 5.82 Å². The Labute approximate surface area is 544 Å². The van der Waals surface area contributed by atoms with E-state index in [1.54, 1.807) is 62.3 Å². The fraction of sp³-hybridized carbons (Fsp3) is 0.388. The Kier molecular flexibility index (Phi) is 15.4. The molecule has 4 aliphatic heterocycles. The van der Waals surface area contributed by atoms with Crippen LogP contribution < -0.4 is 21.5 Å². The van der Waals surface area contributed by atoms with Crippen molar-refractivity contribution in [3.8, 4) is 84.4 Å². The quantitative estimate of drug-likeness (QED) is 0.0666. The topological polar surface area (TPSA) is 346 Å². The van der Waals surface area contributed by atoms with Crippen LogP contribution in [0.1, 0.15) is 125 Å². The second kappa shape index (κ2) is 23.6. The summed E-state index contributed by atoms with van der Waals surface area (Å²) >= 11 is 0. The molecule has 13 heterocycles. The first-order chi connectivity index (χ1) is 45.3. The van der Waals surface area contributed by atoms with Crippen molar-refractivity contribution in [3.05, 3.63) is 126 Å². The van der Waals surface area contributed by atoms with E-state index in [1.807, 2.05) is 50.4 Å². The Morgan fingerprint density at radius 2 is 0.937 bits per heavy atom. The number of hydrogen-bond acceptors (Lipinski definition) is 21.